The van der Waals surface area contributed by atoms with Crippen LogP contribution in [0.5, 0.6) is 0 Å². The molecule has 2 N–H and O–H groups in total. The molecular weight excluding hydrogens is 431 g/mol. The van der Waals surface area contributed by atoms with Gasteiger partial charge in [-0.05, 0) is 24.6 Å². The van der Waals surface area contributed by atoms with Gasteiger partial charge >= 0.3 is 0 Å². The van der Waals surface area contributed by atoms with Crippen LogP contribution in [0.2, 0.25) is 0 Å². The van der Waals surface area contributed by atoms with Gasteiger partial charge in [-0.25, -0.2) is 9.37 Å². The van der Waals surface area contributed by atoms with Gasteiger partial charge in [0.1, 0.15) is 10.6 Å². The van der Waals surface area contributed by atoms with Gasteiger partial charge in [0, 0.05) is 23.9 Å². The predicted octanol–water partition coefficient (Wildman–Crippen LogP) is 3.42. The maximum absolute atomic E-state index is 13.6. The summed E-state index contributed by atoms with van der Waals surface area (Å²) in [4.78, 5) is 42.1. The summed E-state index contributed by atoms with van der Waals surface area (Å²) in [7, 11) is 0. The number of carbonyl (C=O) groups is 2. The number of hydrogen-bond acceptors (Lipinski definition) is 5. The third-order valence-electron chi connectivity index (χ3n) is 4.94. The number of hydrogen-bond donors (Lipinski definition) is 2. The lowest BCUT2D eigenvalue weighted by Gasteiger charge is -2.09. The summed E-state index contributed by atoms with van der Waals surface area (Å²) in [5.41, 5.74) is 6.83. The van der Waals surface area contributed by atoms with Crippen molar-refractivity contribution < 1.29 is 14.0 Å². The minimum atomic E-state index is -0.766. The summed E-state index contributed by atoms with van der Waals surface area (Å²) in [5, 5.41) is 2.41. The number of aromatic nitrogens is 2. The molecule has 2 heterocycles. The van der Waals surface area contributed by atoms with Crippen LogP contribution >= 0.6 is 11.3 Å². The number of nitrogens with one attached hydrogen (secondary N) is 2. The van der Waals surface area contributed by atoms with E-state index in [1.54, 1.807) is 0 Å². The number of fused-ring (bicyclic) bond motifs is 1. The third kappa shape index (κ3) is 4.42. The van der Waals surface area contributed by atoms with Crippen molar-refractivity contribution in [1.82, 2.24) is 20.4 Å². The first-order chi connectivity index (χ1) is 15.4. The van der Waals surface area contributed by atoms with Gasteiger partial charge in [0.2, 0.25) is 5.91 Å². The van der Waals surface area contributed by atoms with Gasteiger partial charge in [0.15, 0.2) is 0 Å². The van der Waals surface area contributed by atoms with Crippen LogP contribution in [0.15, 0.2) is 65.0 Å². The Morgan fingerprint density at radius 3 is 2.59 bits per heavy atom. The van der Waals surface area contributed by atoms with E-state index in [9.17, 15) is 18.8 Å². The fourth-order valence-corrected chi connectivity index (χ4v) is 4.10. The topological polar surface area (TPSA) is 93.1 Å². The van der Waals surface area contributed by atoms with Crippen LogP contribution in [-0.2, 0) is 11.3 Å². The van der Waals surface area contributed by atoms with Gasteiger partial charge in [0.05, 0.1) is 17.3 Å². The van der Waals surface area contributed by atoms with E-state index < -0.39 is 17.6 Å². The zero-order chi connectivity index (χ0) is 22.7. The Labute approximate surface area is 186 Å². The van der Waals surface area contributed by atoms with E-state index in [2.05, 4.69) is 15.8 Å². The van der Waals surface area contributed by atoms with Crippen molar-refractivity contribution in [2.75, 3.05) is 0 Å². The van der Waals surface area contributed by atoms with Gasteiger partial charge in [-0.3, -0.25) is 29.8 Å². The number of amides is 2. The molecule has 4 rings (SSSR count). The van der Waals surface area contributed by atoms with E-state index in [1.165, 1.54) is 40.4 Å². The number of rotatable bonds is 5. The molecule has 0 aliphatic heterocycles. The summed E-state index contributed by atoms with van der Waals surface area (Å²) in [6.45, 7) is 2.07. The molecular formula is C23H19FN4O3S. The molecule has 0 aliphatic carbocycles. The second kappa shape index (κ2) is 9.11. The number of halogens is 1. The molecule has 32 heavy (non-hydrogen) atoms. The Bertz CT molecular complexity index is 1360. The zero-order valence-electron chi connectivity index (χ0n) is 17.1. The molecule has 0 spiro atoms. The van der Waals surface area contributed by atoms with E-state index in [-0.39, 0.29) is 24.1 Å². The monoisotopic (exact) mass is 450 g/mol. The number of aryl methyl sites for hydroxylation is 2. The summed E-state index contributed by atoms with van der Waals surface area (Å²) in [6.07, 6.45) is 1.33. The molecule has 9 heteroatoms. The molecule has 0 fully saturated rings. The molecule has 0 aliphatic rings. The number of benzene rings is 2. The average Bonchev–Trinajstić information content (AvgIpc) is 3.23. The van der Waals surface area contributed by atoms with Crippen molar-refractivity contribution in [3.8, 4) is 11.1 Å². The second-order valence-electron chi connectivity index (χ2n) is 7.17. The molecule has 2 aromatic carbocycles. The first-order valence-corrected chi connectivity index (χ1v) is 10.7. The van der Waals surface area contributed by atoms with Crippen LogP contribution in [0.25, 0.3) is 21.3 Å². The Kier molecular flexibility index (Phi) is 6.09. The third-order valence-corrected chi connectivity index (χ3v) is 5.82. The molecule has 2 amide bonds. The second-order valence-corrected chi connectivity index (χ2v) is 8.03. The number of nitrogens with zero attached hydrogens (tertiary/aromatic N) is 2. The van der Waals surface area contributed by atoms with E-state index >= 15 is 0 Å². The van der Waals surface area contributed by atoms with Crippen molar-refractivity contribution >= 4 is 33.4 Å². The minimum absolute atomic E-state index is 0.0748. The van der Waals surface area contributed by atoms with Gasteiger partial charge in [-0.2, -0.15) is 0 Å². The van der Waals surface area contributed by atoms with Crippen LogP contribution in [0, 0.1) is 12.7 Å². The molecule has 4 aromatic rings. The molecule has 7 nitrogen and oxygen atoms in total. The minimum Gasteiger partial charge on any atom is -0.298 e. The lowest BCUT2D eigenvalue weighted by atomic mass is 10.1. The van der Waals surface area contributed by atoms with E-state index in [0.29, 0.717) is 10.2 Å². The Balaban J connectivity index is 1.45. The smallest absolute Gasteiger partial charge is 0.272 e. The highest BCUT2D eigenvalue weighted by Crippen LogP contribution is 2.30. The summed E-state index contributed by atoms with van der Waals surface area (Å²) in [6, 6.07) is 13.3. The maximum Gasteiger partial charge on any atom is 0.272 e. The molecule has 0 saturated carbocycles. The SMILES string of the molecule is Cc1ccc(-c2csc3ncn(CCC(=O)NNC(=O)c4ccccc4F)c(=O)c23)cc1. The number of hydrazine groups is 1. The number of carbonyl (C=O) groups excluding carboxylic acids is 2. The molecule has 0 saturated heterocycles. The van der Waals surface area contributed by atoms with E-state index in [1.807, 2.05) is 36.6 Å². The van der Waals surface area contributed by atoms with Gasteiger partial charge < -0.3 is 0 Å². The van der Waals surface area contributed by atoms with Crippen molar-refractivity contribution in [2.45, 2.75) is 19.9 Å². The molecule has 0 bridgehead atoms. The standard InChI is InChI=1S/C23H19FN4O3S/c1-14-6-8-15(9-7-14)17-12-32-22-20(17)23(31)28(13-25-22)11-10-19(29)26-27-21(30)16-4-2-3-5-18(16)24/h2-9,12-13H,10-11H2,1H3,(H,26,29)(H,27,30). The fraction of sp³-hybridized carbons (Fsp3) is 0.130. The summed E-state index contributed by atoms with van der Waals surface area (Å²) < 4.78 is 15.0. The quantitative estimate of drug-likeness (QED) is 0.456. The van der Waals surface area contributed by atoms with E-state index in [0.717, 1.165) is 22.8 Å². The largest absolute Gasteiger partial charge is 0.298 e. The van der Waals surface area contributed by atoms with Crippen molar-refractivity contribution in [3.05, 3.63) is 87.5 Å². The highest BCUT2D eigenvalue weighted by molar-refractivity contribution is 7.17. The average molecular weight is 450 g/mol. The summed E-state index contributed by atoms with van der Waals surface area (Å²) in [5.74, 6) is -1.98. The summed E-state index contributed by atoms with van der Waals surface area (Å²) >= 11 is 1.39. The molecule has 0 unspecified atom stereocenters. The Hall–Kier alpha value is -3.85. The van der Waals surface area contributed by atoms with Gasteiger partial charge in [0.25, 0.3) is 11.5 Å². The van der Waals surface area contributed by atoms with Gasteiger partial charge in [-0.1, -0.05) is 42.0 Å². The molecule has 0 radical (unpaired) electrons. The van der Waals surface area contributed by atoms with Gasteiger partial charge in [-0.15, -0.1) is 11.3 Å². The Morgan fingerprint density at radius 1 is 1.09 bits per heavy atom. The lowest BCUT2D eigenvalue weighted by Crippen LogP contribution is -2.42. The highest BCUT2D eigenvalue weighted by Gasteiger charge is 2.15. The predicted molar refractivity (Wildman–Crippen MR) is 121 cm³/mol. The number of thiophene rings is 1. The van der Waals surface area contributed by atoms with Crippen LogP contribution < -0.4 is 16.4 Å². The van der Waals surface area contributed by atoms with Crippen molar-refractivity contribution in [3.63, 3.8) is 0 Å². The lowest BCUT2D eigenvalue weighted by molar-refractivity contribution is -0.122. The van der Waals surface area contributed by atoms with Crippen molar-refractivity contribution in [1.29, 1.82) is 0 Å². The van der Waals surface area contributed by atoms with Crippen LogP contribution in [0.3, 0.4) is 0 Å². The first-order valence-electron chi connectivity index (χ1n) is 9.81. The van der Waals surface area contributed by atoms with Crippen molar-refractivity contribution in [2.24, 2.45) is 0 Å². The molecule has 2 aromatic heterocycles. The molecule has 162 valence electrons. The van der Waals surface area contributed by atoms with Crippen LogP contribution in [-0.4, -0.2) is 21.4 Å². The first kappa shape index (κ1) is 21.4. The highest BCUT2D eigenvalue weighted by atomic mass is 32.1. The van der Waals surface area contributed by atoms with Crippen LogP contribution in [0.4, 0.5) is 4.39 Å². The van der Waals surface area contributed by atoms with E-state index in [4.69, 9.17) is 0 Å². The zero-order valence-corrected chi connectivity index (χ0v) is 17.9. The molecule has 0 atom stereocenters. The maximum atomic E-state index is 13.6. The normalized spacial score (nSPS) is 10.8. The Morgan fingerprint density at radius 2 is 1.84 bits per heavy atom. The fourth-order valence-electron chi connectivity index (χ4n) is 3.20. The van der Waals surface area contributed by atoms with Crippen LogP contribution in [0.1, 0.15) is 22.3 Å².